The third-order valence-electron chi connectivity index (χ3n) is 0.833. The Kier molecular flexibility index (Phi) is 186. The maximum atomic E-state index is 3.36. The molecular formula is C15H34. The SMILES string of the molecule is C.C.C.C=CC=C.C=CC=C.CCCC. The summed E-state index contributed by atoms with van der Waals surface area (Å²) in [5, 5.41) is 0. The molecule has 0 N–H and O–H groups in total. The van der Waals surface area contributed by atoms with Gasteiger partial charge in [-0.2, -0.15) is 0 Å². The number of allylic oxidation sites excluding steroid dienone is 4. The predicted octanol–water partition coefficient (Wildman–Crippen LogP) is 6.43. The first-order chi connectivity index (χ1) is 5.74. The molecule has 0 radical (unpaired) electrons. The van der Waals surface area contributed by atoms with Gasteiger partial charge in [-0.25, -0.2) is 0 Å². The van der Waals surface area contributed by atoms with Crippen molar-refractivity contribution in [3.8, 4) is 0 Å². The van der Waals surface area contributed by atoms with Crippen molar-refractivity contribution < 1.29 is 0 Å². The molecule has 0 aliphatic carbocycles. The fourth-order valence-corrected chi connectivity index (χ4v) is 0. The molecule has 0 bridgehead atoms. The molecule has 0 heterocycles. The minimum Gasteiger partial charge on any atom is -0.0991 e. The molecule has 15 heavy (non-hydrogen) atoms. The first-order valence-corrected chi connectivity index (χ1v) is 4.21. The van der Waals surface area contributed by atoms with Crippen molar-refractivity contribution in [3.05, 3.63) is 50.6 Å². The minimum atomic E-state index is 0. The minimum absolute atomic E-state index is 0. The first-order valence-electron chi connectivity index (χ1n) is 4.21. The van der Waals surface area contributed by atoms with Crippen LogP contribution in [0.4, 0.5) is 0 Å². The molecule has 0 aliphatic rings. The number of unbranched alkanes of at least 4 members (excludes halogenated alkanes) is 1. The van der Waals surface area contributed by atoms with Gasteiger partial charge in [0.05, 0.1) is 0 Å². The Morgan fingerprint density at radius 2 is 0.733 bits per heavy atom. The van der Waals surface area contributed by atoms with Gasteiger partial charge in [0.15, 0.2) is 0 Å². The molecule has 0 saturated carbocycles. The zero-order chi connectivity index (χ0) is 10.2. The summed E-state index contributed by atoms with van der Waals surface area (Å²) in [6.45, 7) is 17.8. The molecule has 0 aromatic carbocycles. The molecule has 0 aliphatic heterocycles. The quantitative estimate of drug-likeness (QED) is 0.475. The maximum Gasteiger partial charge on any atom is -0.0564 e. The lowest BCUT2D eigenvalue weighted by Crippen LogP contribution is -1.47. The largest absolute Gasteiger partial charge is 0.0991 e. The van der Waals surface area contributed by atoms with Gasteiger partial charge in [-0.3, -0.25) is 0 Å². The molecule has 0 unspecified atom stereocenters. The lowest BCUT2D eigenvalue weighted by atomic mass is 10.4. The summed E-state index contributed by atoms with van der Waals surface area (Å²) in [5.74, 6) is 0. The van der Waals surface area contributed by atoms with Crippen LogP contribution in [0.15, 0.2) is 50.6 Å². The van der Waals surface area contributed by atoms with Crippen LogP contribution in [0, 0.1) is 0 Å². The van der Waals surface area contributed by atoms with Crippen LogP contribution in [0.1, 0.15) is 49.0 Å². The van der Waals surface area contributed by atoms with E-state index in [1.54, 1.807) is 24.3 Å². The number of rotatable bonds is 3. The van der Waals surface area contributed by atoms with E-state index in [4.69, 9.17) is 0 Å². The highest BCUT2D eigenvalue weighted by Gasteiger charge is 1.56. The van der Waals surface area contributed by atoms with E-state index in [9.17, 15) is 0 Å². The standard InChI is InChI=1S/C4H10.2C4H6.3CH4/c3*1-3-4-2;;;/h3-4H2,1-2H3;2*3-4H,1-2H2;3*1H4. The van der Waals surface area contributed by atoms with Crippen molar-refractivity contribution in [1.82, 2.24) is 0 Å². The summed E-state index contributed by atoms with van der Waals surface area (Å²) in [5.41, 5.74) is 0. The van der Waals surface area contributed by atoms with Crippen molar-refractivity contribution >= 4 is 0 Å². The van der Waals surface area contributed by atoms with Gasteiger partial charge in [-0.05, 0) is 0 Å². The van der Waals surface area contributed by atoms with Crippen molar-refractivity contribution in [3.63, 3.8) is 0 Å². The summed E-state index contributed by atoms with van der Waals surface area (Å²) in [6.07, 6.45) is 9.19. The summed E-state index contributed by atoms with van der Waals surface area (Å²) in [6, 6.07) is 0. The fourth-order valence-electron chi connectivity index (χ4n) is 0. The second-order valence-corrected chi connectivity index (χ2v) is 1.94. The van der Waals surface area contributed by atoms with E-state index in [-0.39, 0.29) is 22.3 Å². The normalized spacial score (nSPS) is 4.67. The van der Waals surface area contributed by atoms with Crippen molar-refractivity contribution in [1.29, 1.82) is 0 Å². The van der Waals surface area contributed by atoms with Crippen molar-refractivity contribution in [2.45, 2.75) is 49.0 Å². The van der Waals surface area contributed by atoms with E-state index in [1.807, 2.05) is 0 Å². The van der Waals surface area contributed by atoms with E-state index in [1.165, 1.54) is 12.8 Å². The average molecular weight is 214 g/mol. The molecule has 0 rings (SSSR count). The fraction of sp³-hybridized carbons (Fsp3) is 0.467. The molecule has 0 fully saturated rings. The summed E-state index contributed by atoms with van der Waals surface area (Å²) in [7, 11) is 0. The first kappa shape index (κ1) is 37.0. The van der Waals surface area contributed by atoms with Crippen LogP contribution in [0.25, 0.3) is 0 Å². The molecule has 0 saturated heterocycles. The Morgan fingerprint density at radius 1 is 0.600 bits per heavy atom. The van der Waals surface area contributed by atoms with E-state index in [0.29, 0.717) is 0 Å². The third-order valence-corrected chi connectivity index (χ3v) is 0.833. The van der Waals surface area contributed by atoms with Gasteiger partial charge in [0.1, 0.15) is 0 Å². The van der Waals surface area contributed by atoms with E-state index < -0.39 is 0 Å². The molecular weight excluding hydrogens is 180 g/mol. The predicted molar refractivity (Wildman–Crippen MR) is 81.6 cm³/mol. The second-order valence-electron chi connectivity index (χ2n) is 1.94. The molecule has 0 aromatic rings. The molecule has 0 nitrogen and oxygen atoms in total. The van der Waals surface area contributed by atoms with Gasteiger partial charge in [0.25, 0.3) is 0 Å². The van der Waals surface area contributed by atoms with Gasteiger partial charge >= 0.3 is 0 Å². The topological polar surface area (TPSA) is 0 Å². The zero-order valence-corrected chi connectivity index (χ0v) is 8.55. The monoisotopic (exact) mass is 214 g/mol. The lowest BCUT2D eigenvalue weighted by molar-refractivity contribution is 0.886. The Bertz CT molecular complexity index is 72.6. The van der Waals surface area contributed by atoms with Gasteiger partial charge in [-0.1, -0.05) is 99.6 Å². The highest BCUT2D eigenvalue weighted by Crippen LogP contribution is 1.76. The Balaban J connectivity index is -0.0000000184. The van der Waals surface area contributed by atoms with Gasteiger partial charge in [0.2, 0.25) is 0 Å². The summed E-state index contributed by atoms with van der Waals surface area (Å²) in [4.78, 5) is 0. The molecule has 0 amide bonds. The van der Waals surface area contributed by atoms with Gasteiger partial charge in [0, 0.05) is 0 Å². The highest BCUT2D eigenvalue weighted by atomic mass is 13.6. The van der Waals surface area contributed by atoms with E-state index >= 15 is 0 Å². The Hall–Kier alpha value is -1.04. The average Bonchev–Trinajstić information content (AvgIpc) is 2.18. The Labute approximate surface area is 100 Å². The maximum absolute atomic E-state index is 3.36. The van der Waals surface area contributed by atoms with Crippen molar-refractivity contribution in [2.24, 2.45) is 0 Å². The lowest BCUT2D eigenvalue weighted by Gasteiger charge is -1.68. The number of hydrogen-bond acceptors (Lipinski definition) is 0. The molecule has 94 valence electrons. The zero-order valence-electron chi connectivity index (χ0n) is 8.55. The second kappa shape index (κ2) is 75.4. The third kappa shape index (κ3) is 405. The van der Waals surface area contributed by atoms with Crippen molar-refractivity contribution in [2.75, 3.05) is 0 Å². The van der Waals surface area contributed by atoms with Crippen LogP contribution in [-0.2, 0) is 0 Å². The van der Waals surface area contributed by atoms with Crippen LogP contribution in [0.5, 0.6) is 0 Å². The van der Waals surface area contributed by atoms with E-state index in [2.05, 4.69) is 40.2 Å². The highest BCUT2D eigenvalue weighted by molar-refractivity contribution is 4.88. The summed E-state index contributed by atoms with van der Waals surface area (Å²) >= 11 is 0. The van der Waals surface area contributed by atoms with Gasteiger partial charge < -0.3 is 0 Å². The van der Waals surface area contributed by atoms with Gasteiger partial charge in [-0.15, -0.1) is 0 Å². The summed E-state index contributed by atoms with van der Waals surface area (Å²) < 4.78 is 0. The molecule has 0 aromatic heterocycles. The molecule has 0 atom stereocenters. The smallest absolute Gasteiger partial charge is 0.0564 e. The van der Waals surface area contributed by atoms with Crippen LogP contribution in [0.2, 0.25) is 0 Å². The van der Waals surface area contributed by atoms with Crippen LogP contribution in [0.3, 0.4) is 0 Å². The van der Waals surface area contributed by atoms with Crippen LogP contribution >= 0.6 is 0 Å². The molecule has 0 heteroatoms. The van der Waals surface area contributed by atoms with Crippen LogP contribution < -0.4 is 0 Å². The Morgan fingerprint density at radius 3 is 0.733 bits per heavy atom. The molecule has 0 spiro atoms. The number of hydrogen-bond donors (Lipinski definition) is 0. The van der Waals surface area contributed by atoms with E-state index in [0.717, 1.165) is 0 Å². The van der Waals surface area contributed by atoms with Crippen LogP contribution in [-0.4, -0.2) is 0 Å².